The average molecular weight is 461 g/mol. The third-order valence-electron chi connectivity index (χ3n) is 6.53. The van der Waals surface area contributed by atoms with Crippen molar-refractivity contribution < 1.29 is 29.0 Å². The van der Waals surface area contributed by atoms with E-state index in [1.807, 2.05) is 32.9 Å². The Morgan fingerprint density at radius 3 is 2.61 bits per heavy atom. The Kier molecular flexibility index (Phi) is 8.32. The van der Waals surface area contributed by atoms with Gasteiger partial charge in [0.1, 0.15) is 12.1 Å². The van der Waals surface area contributed by atoms with Gasteiger partial charge in [0.25, 0.3) is 0 Å². The first kappa shape index (κ1) is 25.0. The molecule has 2 bridgehead atoms. The van der Waals surface area contributed by atoms with Gasteiger partial charge in [0, 0.05) is 18.2 Å². The normalized spacial score (nSPS) is 25.9. The fourth-order valence-corrected chi connectivity index (χ4v) is 4.56. The van der Waals surface area contributed by atoms with Crippen LogP contribution in [0.3, 0.4) is 0 Å². The number of carboxylic acid groups (broad SMARTS) is 1. The van der Waals surface area contributed by atoms with Crippen molar-refractivity contribution in [1.29, 1.82) is 0 Å². The van der Waals surface area contributed by atoms with Gasteiger partial charge in [-0.3, -0.25) is 9.59 Å². The molecule has 0 aliphatic carbocycles. The van der Waals surface area contributed by atoms with Crippen molar-refractivity contribution >= 4 is 17.8 Å². The number of carboxylic acids is 1. The van der Waals surface area contributed by atoms with Crippen LogP contribution in [0.4, 0.5) is 0 Å². The van der Waals surface area contributed by atoms with Crippen LogP contribution in [-0.2, 0) is 25.5 Å². The second-order valence-corrected chi connectivity index (χ2v) is 10.1. The third-order valence-corrected chi connectivity index (χ3v) is 6.53. The number of aryl methyl sites for hydroxylation is 1. The maximum Gasteiger partial charge on any atom is 0.326 e. The first-order valence-corrected chi connectivity index (χ1v) is 12.0. The highest BCUT2D eigenvalue weighted by Gasteiger charge is 2.46. The molecule has 2 aliphatic rings. The van der Waals surface area contributed by atoms with Crippen molar-refractivity contribution in [2.45, 2.75) is 84.3 Å². The smallest absolute Gasteiger partial charge is 0.326 e. The van der Waals surface area contributed by atoms with Gasteiger partial charge in [0.05, 0.1) is 25.5 Å². The van der Waals surface area contributed by atoms with E-state index in [2.05, 4.69) is 4.98 Å². The van der Waals surface area contributed by atoms with Crippen molar-refractivity contribution in [3.8, 4) is 5.88 Å². The zero-order valence-electron chi connectivity index (χ0n) is 19.9. The Labute approximate surface area is 195 Å². The van der Waals surface area contributed by atoms with E-state index in [0.29, 0.717) is 12.5 Å². The minimum Gasteiger partial charge on any atom is -0.480 e. The first-order chi connectivity index (χ1) is 15.7. The lowest BCUT2D eigenvalue weighted by atomic mass is 9.77. The highest BCUT2D eigenvalue weighted by atomic mass is 16.5. The van der Waals surface area contributed by atoms with E-state index in [-0.39, 0.29) is 25.3 Å². The van der Waals surface area contributed by atoms with Gasteiger partial charge >= 0.3 is 11.9 Å². The molecular weight excluding hydrogens is 424 g/mol. The number of hydrogen-bond donors (Lipinski definition) is 1. The fraction of sp³-hybridized carbons (Fsp3) is 0.680. The van der Waals surface area contributed by atoms with Crippen molar-refractivity contribution in [2.24, 2.45) is 11.3 Å². The maximum atomic E-state index is 13.5. The lowest BCUT2D eigenvalue weighted by molar-refractivity contribution is -0.155. The van der Waals surface area contributed by atoms with Crippen LogP contribution in [0.25, 0.3) is 0 Å². The Bertz CT molecular complexity index is 850. The summed E-state index contributed by atoms with van der Waals surface area (Å²) in [6.07, 6.45) is 6.98. The first-order valence-electron chi connectivity index (χ1n) is 12.0. The molecule has 3 heterocycles. The van der Waals surface area contributed by atoms with E-state index < -0.39 is 35.4 Å². The van der Waals surface area contributed by atoms with Crippen molar-refractivity contribution in [3.05, 3.63) is 23.9 Å². The highest BCUT2D eigenvalue weighted by molar-refractivity contribution is 5.88. The average Bonchev–Trinajstić information content (AvgIpc) is 3.17. The van der Waals surface area contributed by atoms with E-state index in [9.17, 15) is 19.5 Å². The van der Waals surface area contributed by atoms with Gasteiger partial charge in [0.15, 0.2) is 0 Å². The molecule has 0 radical (unpaired) electrons. The molecule has 2 aliphatic heterocycles. The molecule has 1 fully saturated rings. The van der Waals surface area contributed by atoms with E-state index in [1.54, 1.807) is 6.20 Å². The number of cyclic esters (lactones) is 1. The van der Waals surface area contributed by atoms with Crippen molar-refractivity contribution in [3.63, 3.8) is 0 Å². The van der Waals surface area contributed by atoms with Crippen LogP contribution < -0.4 is 4.74 Å². The molecule has 0 aromatic carbocycles. The Morgan fingerprint density at radius 2 is 1.88 bits per heavy atom. The number of pyridine rings is 1. The molecule has 3 rings (SSSR count). The Balaban J connectivity index is 1.87. The van der Waals surface area contributed by atoms with Crippen molar-refractivity contribution in [2.75, 3.05) is 13.2 Å². The van der Waals surface area contributed by atoms with Gasteiger partial charge < -0.3 is 19.5 Å². The number of esters is 1. The zero-order valence-corrected chi connectivity index (χ0v) is 19.9. The molecule has 33 heavy (non-hydrogen) atoms. The molecule has 8 nitrogen and oxygen atoms in total. The van der Waals surface area contributed by atoms with Gasteiger partial charge in [-0.1, -0.05) is 46.1 Å². The van der Waals surface area contributed by atoms with Gasteiger partial charge in [-0.05, 0) is 30.7 Å². The number of aliphatic carboxylic acids is 1. The summed E-state index contributed by atoms with van der Waals surface area (Å²) in [7, 11) is 0. The Hall–Kier alpha value is -2.64. The number of carbonyl (C=O) groups excluding carboxylic acids is 2. The Morgan fingerprint density at radius 1 is 1.15 bits per heavy atom. The quantitative estimate of drug-likeness (QED) is 0.638. The van der Waals surface area contributed by atoms with E-state index >= 15 is 0 Å². The summed E-state index contributed by atoms with van der Waals surface area (Å²) in [5.41, 5.74) is 0.462. The molecule has 0 saturated carbocycles. The molecule has 8 heteroatoms. The van der Waals surface area contributed by atoms with E-state index in [0.717, 1.165) is 44.1 Å². The fourth-order valence-electron chi connectivity index (χ4n) is 4.56. The molecule has 182 valence electrons. The van der Waals surface area contributed by atoms with Crippen LogP contribution in [0, 0.1) is 11.3 Å². The second-order valence-electron chi connectivity index (χ2n) is 10.1. The second kappa shape index (κ2) is 11.0. The minimum atomic E-state index is -1.07. The van der Waals surface area contributed by atoms with Gasteiger partial charge in [0.2, 0.25) is 11.8 Å². The number of nitrogens with zero attached hydrogens (tertiary/aromatic N) is 2. The van der Waals surface area contributed by atoms with Gasteiger partial charge in [-0.2, -0.15) is 0 Å². The molecule has 1 aromatic rings. The van der Waals surface area contributed by atoms with Crippen LogP contribution in [-0.4, -0.2) is 58.1 Å². The molecule has 1 amide bonds. The summed E-state index contributed by atoms with van der Waals surface area (Å²) in [6.45, 7) is 6.14. The lowest BCUT2D eigenvalue weighted by Gasteiger charge is -2.33. The number of aromatic nitrogens is 1. The van der Waals surface area contributed by atoms with Crippen molar-refractivity contribution in [1.82, 2.24) is 9.88 Å². The molecule has 0 unspecified atom stereocenters. The monoisotopic (exact) mass is 460 g/mol. The summed E-state index contributed by atoms with van der Waals surface area (Å²) in [4.78, 5) is 43.8. The largest absolute Gasteiger partial charge is 0.480 e. The lowest BCUT2D eigenvalue weighted by Crippen LogP contribution is -2.47. The van der Waals surface area contributed by atoms with Crippen LogP contribution >= 0.6 is 0 Å². The van der Waals surface area contributed by atoms with Crippen LogP contribution in [0.5, 0.6) is 5.88 Å². The van der Waals surface area contributed by atoms with Gasteiger partial charge in [-0.25, -0.2) is 9.78 Å². The third kappa shape index (κ3) is 6.68. The predicted molar refractivity (Wildman–Crippen MR) is 122 cm³/mol. The molecule has 1 aromatic heterocycles. The number of fused-ring (bicyclic) bond motifs is 3. The molecular formula is C25H36N2O6. The van der Waals surface area contributed by atoms with Crippen LogP contribution in [0.2, 0.25) is 0 Å². The molecule has 0 spiro atoms. The van der Waals surface area contributed by atoms with Crippen LogP contribution in [0.15, 0.2) is 18.3 Å². The molecule has 3 atom stereocenters. The number of hydrogen-bond acceptors (Lipinski definition) is 6. The van der Waals surface area contributed by atoms with E-state index in [4.69, 9.17) is 9.47 Å². The highest BCUT2D eigenvalue weighted by Crippen LogP contribution is 2.34. The number of amides is 1. The number of rotatable bonds is 1. The SMILES string of the molecule is CC(C)(C)[C@@H]1CC(=O)OCCCCCCCc2cccnc2O[C@@H]2C[C@@H](C(=O)O)N(C2)C1=O. The van der Waals surface area contributed by atoms with Crippen LogP contribution in [0.1, 0.15) is 71.3 Å². The molecule has 1 N–H and O–H groups in total. The zero-order chi connectivity index (χ0) is 24.0. The van der Waals surface area contributed by atoms with Gasteiger partial charge in [-0.15, -0.1) is 0 Å². The van der Waals surface area contributed by atoms with E-state index in [1.165, 1.54) is 4.90 Å². The summed E-state index contributed by atoms with van der Waals surface area (Å²) in [5.74, 6) is -2.01. The number of ether oxygens (including phenoxy) is 2. The summed E-state index contributed by atoms with van der Waals surface area (Å²) >= 11 is 0. The summed E-state index contributed by atoms with van der Waals surface area (Å²) < 4.78 is 11.5. The summed E-state index contributed by atoms with van der Waals surface area (Å²) in [6, 6.07) is 2.86. The topological polar surface area (TPSA) is 106 Å². The minimum absolute atomic E-state index is 0.0684. The standard InChI is InChI=1S/C25H36N2O6/c1-25(2,3)19-15-21(28)32-13-8-6-4-5-7-10-17-11-9-12-26-22(17)33-18-14-20(24(30)31)27(16-18)23(19)29/h9,11-12,18-20H,4-8,10,13-16H2,1-3H3,(H,30,31)/t18-,19-,20+/m1/s1. The summed E-state index contributed by atoms with van der Waals surface area (Å²) in [5, 5.41) is 9.82. The maximum absolute atomic E-state index is 13.5. The predicted octanol–water partition coefficient (Wildman–Crippen LogP) is 3.62. The molecule has 1 saturated heterocycles. The number of carbonyl (C=O) groups is 3.